The van der Waals surface area contributed by atoms with Crippen LogP contribution < -0.4 is 10.9 Å². The van der Waals surface area contributed by atoms with Crippen LogP contribution in [0.25, 0.3) is 11.0 Å². The minimum absolute atomic E-state index is 0.117. The van der Waals surface area contributed by atoms with E-state index in [4.69, 9.17) is 4.42 Å². The third-order valence-electron chi connectivity index (χ3n) is 5.54. The fraction of sp³-hybridized carbons (Fsp3) is 0.227. The molecule has 0 spiro atoms. The molecule has 1 aliphatic rings. The maximum atomic E-state index is 13.7. The molecule has 1 aliphatic heterocycles. The van der Waals surface area contributed by atoms with Gasteiger partial charge in [0.2, 0.25) is 0 Å². The van der Waals surface area contributed by atoms with Crippen LogP contribution in [-0.4, -0.2) is 16.8 Å². The predicted molar refractivity (Wildman–Crippen MR) is 105 cm³/mol. The van der Waals surface area contributed by atoms with Crippen molar-refractivity contribution >= 4 is 22.9 Å². The fourth-order valence-corrected chi connectivity index (χ4v) is 3.63. The van der Waals surface area contributed by atoms with E-state index >= 15 is 0 Å². The van der Waals surface area contributed by atoms with Gasteiger partial charge in [-0.2, -0.15) is 0 Å². The van der Waals surface area contributed by atoms with Crippen LogP contribution in [0.1, 0.15) is 29.2 Å². The van der Waals surface area contributed by atoms with Crippen LogP contribution in [0.2, 0.25) is 0 Å². The van der Waals surface area contributed by atoms with Crippen LogP contribution in [0.3, 0.4) is 0 Å². The van der Waals surface area contributed by atoms with Gasteiger partial charge in [0.05, 0.1) is 6.54 Å². The number of carbonyl (C=O) groups excluding carboxylic acids is 2. The predicted octanol–water partition coefficient (Wildman–Crippen LogP) is 3.66. The Labute approximate surface area is 170 Å². The molecule has 1 aromatic heterocycles. The van der Waals surface area contributed by atoms with E-state index in [9.17, 15) is 23.2 Å². The van der Waals surface area contributed by atoms with E-state index in [1.54, 1.807) is 6.07 Å². The number of imide groups is 1. The normalized spacial score (nSPS) is 18.9. The third-order valence-corrected chi connectivity index (χ3v) is 5.54. The molecule has 2 aromatic carbocycles. The molecule has 2 heterocycles. The van der Waals surface area contributed by atoms with Gasteiger partial charge in [0.1, 0.15) is 11.1 Å². The van der Waals surface area contributed by atoms with E-state index in [-0.39, 0.29) is 12.1 Å². The highest BCUT2D eigenvalue weighted by molar-refractivity contribution is 6.07. The second kappa shape index (κ2) is 6.76. The number of halogens is 2. The molecule has 1 N–H and O–H groups in total. The average molecular weight is 412 g/mol. The second-order valence-corrected chi connectivity index (χ2v) is 7.60. The van der Waals surface area contributed by atoms with Crippen molar-refractivity contribution < 1.29 is 22.8 Å². The molecule has 0 aliphatic carbocycles. The number of amides is 3. The van der Waals surface area contributed by atoms with Crippen LogP contribution in [-0.2, 0) is 16.9 Å². The van der Waals surface area contributed by atoms with Crippen molar-refractivity contribution in [2.75, 3.05) is 0 Å². The number of carbonyl (C=O) groups is 2. The maximum Gasteiger partial charge on any atom is 0.336 e. The highest BCUT2D eigenvalue weighted by Crippen LogP contribution is 2.31. The van der Waals surface area contributed by atoms with Crippen LogP contribution in [0.15, 0.2) is 45.6 Å². The molecular formula is C22H18F2N2O4. The van der Waals surface area contributed by atoms with E-state index in [1.165, 1.54) is 19.1 Å². The minimum Gasteiger partial charge on any atom is -0.423 e. The Morgan fingerprint density at radius 2 is 1.70 bits per heavy atom. The van der Waals surface area contributed by atoms with Crippen molar-refractivity contribution in [1.29, 1.82) is 0 Å². The third kappa shape index (κ3) is 3.04. The number of fused-ring (bicyclic) bond motifs is 1. The molecule has 1 atom stereocenters. The zero-order valence-corrected chi connectivity index (χ0v) is 16.5. The summed E-state index contributed by atoms with van der Waals surface area (Å²) in [6, 6.07) is 7.14. The van der Waals surface area contributed by atoms with E-state index in [0.717, 1.165) is 28.2 Å². The SMILES string of the molecule is Cc1cc2oc(=O)cc(CN3C(=O)NC(C)(c4ccc(F)c(F)c4)C3=O)c2cc1C. The van der Waals surface area contributed by atoms with Gasteiger partial charge < -0.3 is 9.73 Å². The lowest BCUT2D eigenvalue weighted by atomic mass is 9.92. The van der Waals surface area contributed by atoms with Gasteiger partial charge in [-0.25, -0.2) is 18.4 Å². The number of nitrogens with zero attached hydrogens (tertiary/aromatic N) is 1. The molecule has 3 aromatic rings. The first-order valence-corrected chi connectivity index (χ1v) is 9.24. The van der Waals surface area contributed by atoms with Crippen LogP contribution in [0, 0.1) is 25.5 Å². The van der Waals surface area contributed by atoms with Crippen molar-refractivity contribution in [2.24, 2.45) is 0 Å². The van der Waals surface area contributed by atoms with Crippen LogP contribution in [0.4, 0.5) is 13.6 Å². The van der Waals surface area contributed by atoms with Crippen molar-refractivity contribution in [3.63, 3.8) is 0 Å². The van der Waals surface area contributed by atoms with Gasteiger partial charge in [0.15, 0.2) is 11.6 Å². The maximum absolute atomic E-state index is 13.7. The van der Waals surface area contributed by atoms with Gasteiger partial charge in [-0.3, -0.25) is 9.69 Å². The largest absolute Gasteiger partial charge is 0.423 e. The van der Waals surface area contributed by atoms with Gasteiger partial charge in [0.25, 0.3) is 5.91 Å². The lowest BCUT2D eigenvalue weighted by Gasteiger charge is -2.22. The smallest absolute Gasteiger partial charge is 0.336 e. The Balaban J connectivity index is 1.75. The van der Waals surface area contributed by atoms with Gasteiger partial charge in [0, 0.05) is 11.5 Å². The topological polar surface area (TPSA) is 79.6 Å². The monoisotopic (exact) mass is 412 g/mol. The fourth-order valence-electron chi connectivity index (χ4n) is 3.63. The quantitative estimate of drug-likeness (QED) is 0.526. The summed E-state index contributed by atoms with van der Waals surface area (Å²) in [6.45, 7) is 5.03. The molecule has 8 heteroatoms. The van der Waals surface area contributed by atoms with E-state index in [2.05, 4.69) is 5.32 Å². The summed E-state index contributed by atoms with van der Waals surface area (Å²) in [6.07, 6.45) is 0. The summed E-state index contributed by atoms with van der Waals surface area (Å²) in [5.41, 5.74) is 0.652. The van der Waals surface area contributed by atoms with E-state index < -0.39 is 34.7 Å². The highest BCUT2D eigenvalue weighted by atomic mass is 19.2. The number of hydrogen-bond acceptors (Lipinski definition) is 4. The molecule has 3 amide bonds. The van der Waals surface area contributed by atoms with E-state index in [0.29, 0.717) is 16.5 Å². The summed E-state index contributed by atoms with van der Waals surface area (Å²) >= 11 is 0. The first-order chi connectivity index (χ1) is 14.1. The molecule has 1 fully saturated rings. The first kappa shape index (κ1) is 19.8. The standard InChI is InChI=1S/C22H18F2N2O4/c1-11-6-15-13(8-19(27)30-18(15)7-12(11)2)10-26-20(28)22(3,25-21(26)29)14-4-5-16(23)17(24)9-14/h4-9H,10H2,1-3H3,(H,25,29). The summed E-state index contributed by atoms with van der Waals surface area (Å²) in [5.74, 6) is -2.81. The molecule has 30 heavy (non-hydrogen) atoms. The second-order valence-electron chi connectivity index (χ2n) is 7.60. The Morgan fingerprint density at radius 3 is 2.40 bits per heavy atom. The van der Waals surface area contributed by atoms with Crippen molar-refractivity contribution in [3.05, 3.63) is 80.7 Å². The van der Waals surface area contributed by atoms with E-state index in [1.807, 2.05) is 19.9 Å². The molecular weight excluding hydrogens is 394 g/mol. The molecule has 1 saturated heterocycles. The number of hydrogen-bond donors (Lipinski definition) is 1. The van der Waals surface area contributed by atoms with Gasteiger partial charge in [-0.15, -0.1) is 0 Å². The molecule has 0 bridgehead atoms. The summed E-state index contributed by atoms with van der Waals surface area (Å²) in [7, 11) is 0. The van der Waals surface area contributed by atoms with Crippen molar-refractivity contribution in [1.82, 2.24) is 10.2 Å². The molecule has 4 rings (SSSR count). The Hall–Kier alpha value is -3.55. The number of urea groups is 1. The number of rotatable bonds is 3. The van der Waals surface area contributed by atoms with Crippen molar-refractivity contribution in [3.8, 4) is 0 Å². The van der Waals surface area contributed by atoms with Gasteiger partial charge in [-0.1, -0.05) is 6.07 Å². The Morgan fingerprint density at radius 1 is 1.00 bits per heavy atom. The lowest BCUT2D eigenvalue weighted by molar-refractivity contribution is -0.131. The zero-order chi connectivity index (χ0) is 21.8. The molecule has 0 saturated carbocycles. The van der Waals surface area contributed by atoms with Crippen LogP contribution >= 0.6 is 0 Å². The minimum atomic E-state index is -1.56. The van der Waals surface area contributed by atoms with Gasteiger partial charge in [-0.05, 0) is 67.3 Å². The molecule has 1 unspecified atom stereocenters. The summed E-state index contributed by atoms with van der Waals surface area (Å²) < 4.78 is 32.3. The lowest BCUT2D eigenvalue weighted by Crippen LogP contribution is -2.41. The zero-order valence-electron chi connectivity index (χ0n) is 16.5. The summed E-state index contributed by atoms with van der Waals surface area (Å²) in [5, 5.41) is 3.15. The highest BCUT2D eigenvalue weighted by Gasteiger charge is 2.49. The Kier molecular flexibility index (Phi) is 4.45. The molecule has 6 nitrogen and oxygen atoms in total. The number of nitrogens with one attached hydrogen (secondary N) is 1. The summed E-state index contributed by atoms with van der Waals surface area (Å²) in [4.78, 5) is 38.7. The molecule has 154 valence electrons. The van der Waals surface area contributed by atoms with Gasteiger partial charge >= 0.3 is 11.7 Å². The first-order valence-electron chi connectivity index (χ1n) is 9.24. The van der Waals surface area contributed by atoms with Crippen molar-refractivity contribution in [2.45, 2.75) is 32.9 Å². The van der Waals surface area contributed by atoms with Crippen LogP contribution in [0.5, 0.6) is 0 Å². The average Bonchev–Trinajstić information content (AvgIpc) is 2.89. The molecule has 0 radical (unpaired) electrons. The Bertz CT molecular complexity index is 1280. The number of aryl methyl sites for hydroxylation is 2. The number of benzene rings is 2.